The van der Waals surface area contributed by atoms with Gasteiger partial charge in [-0.3, -0.25) is 9.69 Å². The summed E-state index contributed by atoms with van der Waals surface area (Å²) < 4.78 is 5.60. The first-order valence-electron chi connectivity index (χ1n) is 5.95. The van der Waals surface area contributed by atoms with Crippen LogP contribution in [0.2, 0.25) is 0 Å². The lowest BCUT2D eigenvalue weighted by Gasteiger charge is -2.40. The van der Waals surface area contributed by atoms with Crippen LogP contribution in [0.3, 0.4) is 0 Å². The molecular weight excluding hydrogens is 206 g/mol. The van der Waals surface area contributed by atoms with E-state index >= 15 is 0 Å². The molecule has 2 heterocycles. The van der Waals surface area contributed by atoms with Crippen LogP contribution in [0.4, 0.5) is 0 Å². The average Bonchev–Trinajstić information content (AvgIpc) is 2.13. The fraction of sp³-hybridized carbons (Fsp3) is 0.909. The normalized spacial score (nSPS) is 32.6. The van der Waals surface area contributed by atoms with Gasteiger partial charge in [-0.2, -0.15) is 0 Å². The van der Waals surface area contributed by atoms with Gasteiger partial charge in [0.25, 0.3) is 0 Å². The molecule has 2 fully saturated rings. The minimum atomic E-state index is 0.145. The van der Waals surface area contributed by atoms with Crippen molar-refractivity contribution in [1.82, 2.24) is 9.80 Å². The van der Waals surface area contributed by atoms with Gasteiger partial charge in [0.15, 0.2) is 0 Å². The van der Waals surface area contributed by atoms with Gasteiger partial charge in [-0.05, 0) is 13.8 Å². The fourth-order valence-electron chi connectivity index (χ4n) is 2.41. The molecule has 2 atom stereocenters. The van der Waals surface area contributed by atoms with Crippen molar-refractivity contribution in [1.29, 1.82) is 0 Å². The van der Waals surface area contributed by atoms with Crippen LogP contribution in [0.15, 0.2) is 0 Å². The standard InChI is InChI=1S/C11H21N3O2/c1-8-3-14(4-9(2)16-8)11(15)7-13-5-10(12)6-13/h8-10H,3-7,12H2,1-2H3. The number of nitrogens with two attached hydrogens (primary N) is 1. The largest absolute Gasteiger partial charge is 0.372 e. The number of likely N-dealkylation sites (tertiary alicyclic amines) is 1. The van der Waals surface area contributed by atoms with Crippen LogP contribution in [-0.2, 0) is 9.53 Å². The summed E-state index contributed by atoms with van der Waals surface area (Å²) in [4.78, 5) is 16.0. The summed E-state index contributed by atoms with van der Waals surface area (Å²) in [5, 5.41) is 0. The van der Waals surface area contributed by atoms with Crippen LogP contribution in [0.5, 0.6) is 0 Å². The average molecular weight is 227 g/mol. The zero-order chi connectivity index (χ0) is 11.7. The van der Waals surface area contributed by atoms with E-state index in [1.54, 1.807) is 0 Å². The molecule has 2 N–H and O–H groups in total. The molecule has 0 spiro atoms. The lowest BCUT2D eigenvalue weighted by atomic mass is 10.1. The molecule has 16 heavy (non-hydrogen) atoms. The fourth-order valence-corrected chi connectivity index (χ4v) is 2.41. The van der Waals surface area contributed by atoms with E-state index < -0.39 is 0 Å². The van der Waals surface area contributed by atoms with Crippen LogP contribution >= 0.6 is 0 Å². The molecule has 2 aliphatic rings. The number of hydrogen-bond donors (Lipinski definition) is 1. The summed E-state index contributed by atoms with van der Waals surface area (Å²) in [6.45, 7) is 7.65. The topological polar surface area (TPSA) is 58.8 Å². The van der Waals surface area contributed by atoms with Crippen molar-refractivity contribution in [2.45, 2.75) is 32.1 Å². The molecule has 0 bridgehead atoms. The van der Waals surface area contributed by atoms with Crippen LogP contribution < -0.4 is 5.73 Å². The molecule has 0 aromatic rings. The number of ether oxygens (including phenoxy) is 1. The predicted molar refractivity (Wildman–Crippen MR) is 61.0 cm³/mol. The highest BCUT2D eigenvalue weighted by Crippen LogP contribution is 2.12. The quantitative estimate of drug-likeness (QED) is 0.675. The highest BCUT2D eigenvalue weighted by Gasteiger charge is 2.30. The van der Waals surface area contributed by atoms with Crippen LogP contribution in [-0.4, -0.2) is 66.7 Å². The Morgan fingerprint density at radius 3 is 2.31 bits per heavy atom. The van der Waals surface area contributed by atoms with Gasteiger partial charge in [-0.15, -0.1) is 0 Å². The van der Waals surface area contributed by atoms with Gasteiger partial charge in [0.1, 0.15) is 0 Å². The minimum Gasteiger partial charge on any atom is -0.372 e. The molecule has 0 aliphatic carbocycles. The van der Waals surface area contributed by atoms with Gasteiger partial charge < -0.3 is 15.4 Å². The molecule has 92 valence electrons. The summed E-state index contributed by atoms with van der Waals surface area (Å²) in [7, 11) is 0. The van der Waals surface area contributed by atoms with E-state index in [1.165, 1.54) is 0 Å². The van der Waals surface area contributed by atoms with E-state index in [9.17, 15) is 4.79 Å². The smallest absolute Gasteiger partial charge is 0.236 e. The second kappa shape index (κ2) is 4.69. The van der Waals surface area contributed by atoms with Gasteiger partial charge in [-0.1, -0.05) is 0 Å². The van der Waals surface area contributed by atoms with E-state index in [1.807, 2.05) is 18.7 Å². The number of carbonyl (C=O) groups is 1. The Bertz CT molecular complexity index is 256. The molecule has 2 rings (SSSR count). The summed E-state index contributed by atoms with van der Waals surface area (Å²) >= 11 is 0. The maximum Gasteiger partial charge on any atom is 0.236 e. The monoisotopic (exact) mass is 227 g/mol. The summed E-state index contributed by atoms with van der Waals surface area (Å²) in [5.74, 6) is 0.203. The van der Waals surface area contributed by atoms with Crippen molar-refractivity contribution < 1.29 is 9.53 Å². The molecule has 0 aromatic carbocycles. The number of carbonyl (C=O) groups excluding carboxylic acids is 1. The number of nitrogens with zero attached hydrogens (tertiary/aromatic N) is 2. The first-order valence-corrected chi connectivity index (χ1v) is 5.95. The second-order valence-electron chi connectivity index (χ2n) is 5.01. The Morgan fingerprint density at radius 2 is 1.81 bits per heavy atom. The Labute approximate surface area is 96.5 Å². The van der Waals surface area contributed by atoms with Gasteiger partial charge in [0, 0.05) is 32.2 Å². The lowest BCUT2D eigenvalue weighted by molar-refractivity contribution is -0.145. The summed E-state index contributed by atoms with van der Waals surface area (Å²) in [6, 6.07) is 0.260. The van der Waals surface area contributed by atoms with Gasteiger partial charge in [0.2, 0.25) is 5.91 Å². The molecule has 5 heteroatoms. The van der Waals surface area contributed by atoms with Crippen molar-refractivity contribution in [3.05, 3.63) is 0 Å². The van der Waals surface area contributed by atoms with Crippen LogP contribution in [0.25, 0.3) is 0 Å². The Balaban J connectivity index is 1.79. The molecule has 0 saturated carbocycles. The maximum atomic E-state index is 12.0. The second-order valence-corrected chi connectivity index (χ2v) is 5.01. The third-order valence-electron chi connectivity index (χ3n) is 3.12. The minimum absolute atomic E-state index is 0.145. The summed E-state index contributed by atoms with van der Waals surface area (Å²) in [6.07, 6.45) is 0.290. The Kier molecular flexibility index (Phi) is 3.47. The molecule has 0 aromatic heterocycles. The van der Waals surface area contributed by atoms with Crippen molar-refractivity contribution in [3.63, 3.8) is 0 Å². The highest BCUT2D eigenvalue weighted by molar-refractivity contribution is 5.78. The third kappa shape index (κ3) is 2.72. The number of amides is 1. The zero-order valence-corrected chi connectivity index (χ0v) is 10.1. The van der Waals surface area contributed by atoms with Crippen molar-refractivity contribution >= 4 is 5.91 Å². The zero-order valence-electron chi connectivity index (χ0n) is 10.1. The predicted octanol–water partition coefficient (Wildman–Crippen LogP) is -0.735. The summed E-state index contributed by atoms with van der Waals surface area (Å²) in [5.41, 5.74) is 5.68. The van der Waals surface area contributed by atoms with E-state index in [2.05, 4.69) is 4.90 Å². The van der Waals surface area contributed by atoms with Crippen LogP contribution in [0.1, 0.15) is 13.8 Å². The lowest BCUT2D eigenvalue weighted by Crippen LogP contribution is -2.59. The third-order valence-corrected chi connectivity index (χ3v) is 3.12. The van der Waals surface area contributed by atoms with Gasteiger partial charge in [-0.25, -0.2) is 0 Å². The van der Waals surface area contributed by atoms with Crippen molar-refractivity contribution in [3.8, 4) is 0 Å². The Hall–Kier alpha value is -0.650. The van der Waals surface area contributed by atoms with E-state index in [0.717, 1.165) is 13.1 Å². The molecule has 5 nitrogen and oxygen atoms in total. The Morgan fingerprint density at radius 1 is 1.25 bits per heavy atom. The first kappa shape index (κ1) is 11.8. The van der Waals surface area contributed by atoms with E-state index in [-0.39, 0.29) is 24.2 Å². The maximum absolute atomic E-state index is 12.0. The molecule has 2 aliphatic heterocycles. The number of rotatable bonds is 2. The van der Waals surface area contributed by atoms with E-state index in [0.29, 0.717) is 19.6 Å². The number of hydrogen-bond acceptors (Lipinski definition) is 4. The molecule has 2 saturated heterocycles. The van der Waals surface area contributed by atoms with Crippen LogP contribution in [0, 0.1) is 0 Å². The van der Waals surface area contributed by atoms with Gasteiger partial charge in [0.05, 0.1) is 18.8 Å². The molecule has 1 amide bonds. The molecule has 2 unspecified atom stereocenters. The highest BCUT2D eigenvalue weighted by atomic mass is 16.5. The van der Waals surface area contributed by atoms with Crippen molar-refractivity contribution in [2.75, 3.05) is 32.7 Å². The van der Waals surface area contributed by atoms with Crippen molar-refractivity contribution in [2.24, 2.45) is 5.73 Å². The van der Waals surface area contributed by atoms with Gasteiger partial charge >= 0.3 is 0 Å². The molecule has 0 radical (unpaired) electrons. The first-order chi connectivity index (χ1) is 7.54. The SMILES string of the molecule is CC1CN(C(=O)CN2CC(N)C2)CC(C)O1. The molecular formula is C11H21N3O2. The van der Waals surface area contributed by atoms with E-state index in [4.69, 9.17) is 10.5 Å². The number of morpholine rings is 1.